The first kappa shape index (κ1) is 22.6. The fraction of sp³-hybridized carbons (Fsp3) is 0.391. The van der Waals surface area contributed by atoms with Crippen molar-refractivity contribution in [2.24, 2.45) is 10.6 Å². The largest absolute Gasteiger partial charge is 0.390 e. The van der Waals surface area contributed by atoms with Gasteiger partial charge in [-0.05, 0) is 23.6 Å². The molecule has 0 aliphatic carbocycles. The van der Waals surface area contributed by atoms with Crippen molar-refractivity contribution in [1.82, 2.24) is 4.90 Å². The lowest BCUT2D eigenvalue weighted by atomic mass is 9.91. The zero-order valence-corrected chi connectivity index (χ0v) is 18.8. The molecule has 2 aromatic rings. The van der Waals surface area contributed by atoms with Gasteiger partial charge in [-0.25, -0.2) is 4.39 Å². The summed E-state index contributed by atoms with van der Waals surface area (Å²) in [6.45, 7) is 6.51. The first-order chi connectivity index (χ1) is 14.1. The molecule has 0 fully saturated rings. The Bertz CT molecular complexity index is 956. The van der Waals surface area contributed by atoms with Crippen molar-refractivity contribution in [3.63, 3.8) is 0 Å². The van der Waals surface area contributed by atoms with E-state index < -0.39 is 0 Å². The van der Waals surface area contributed by atoms with Crippen molar-refractivity contribution in [3.8, 4) is 0 Å². The van der Waals surface area contributed by atoms with Gasteiger partial charge in [0.2, 0.25) is 5.91 Å². The van der Waals surface area contributed by atoms with Gasteiger partial charge in [0.15, 0.2) is 6.10 Å². The second-order valence-corrected chi connectivity index (χ2v) is 9.52. The smallest absolute Gasteiger partial charge is 0.223 e. The van der Waals surface area contributed by atoms with Gasteiger partial charge in [-0.15, -0.1) is 0 Å². The molecule has 0 saturated carbocycles. The standard InChI is InChI=1S/C23H25Cl2FN2O2/c1-23(2,3)12-22(29)28(13-16-6-4-5-7-20(16)26)14-17-11-21(27-30-17)15-8-9-18(24)19(25)10-15/h4-10,17H,11-14H2,1-3H3/t17-/m1/s1. The number of oxime groups is 1. The molecule has 1 aliphatic rings. The first-order valence-electron chi connectivity index (χ1n) is 9.82. The number of rotatable bonds is 6. The van der Waals surface area contributed by atoms with E-state index in [2.05, 4.69) is 5.16 Å². The van der Waals surface area contributed by atoms with Crippen LogP contribution in [0.5, 0.6) is 0 Å². The topological polar surface area (TPSA) is 41.9 Å². The lowest BCUT2D eigenvalue weighted by Crippen LogP contribution is -2.39. The number of nitrogens with zero attached hydrogens (tertiary/aromatic N) is 2. The van der Waals surface area contributed by atoms with Crippen molar-refractivity contribution < 1.29 is 14.0 Å². The van der Waals surface area contributed by atoms with Gasteiger partial charge < -0.3 is 9.74 Å². The summed E-state index contributed by atoms with van der Waals surface area (Å²) in [5, 5.41) is 5.09. The summed E-state index contributed by atoms with van der Waals surface area (Å²) < 4.78 is 14.2. The van der Waals surface area contributed by atoms with Gasteiger partial charge in [0, 0.05) is 30.5 Å². The summed E-state index contributed by atoms with van der Waals surface area (Å²) >= 11 is 12.1. The van der Waals surface area contributed by atoms with Crippen LogP contribution >= 0.6 is 23.2 Å². The van der Waals surface area contributed by atoms with Crippen LogP contribution < -0.4 is 0 Å². The number of benzene rings is 2. The molecule has 1 heterocycles. The van der Waals surface area contributed by atoms with E-state index in [0.29, 0.717) is 35.0 Å². The van der Waals surface area contributed by atoms with Crippen LogP contribution in [-0.2, 0) is 16.2 Å². The molecule has 4 nitrogen and oxygen atoms in total. The van der Waals surface area contributed by atoms with Crippen molar-refractivity contribution in [1.29, 1.82) is 0 Å². The maximum atomic E-state index is 14.2. The van der Waals surface area contributed by atoms with Crippen LogP contribution in [-0.4, -0.2) is 29.2 Å². The van der Waals surface area contributed by atoms with Gasteiger partial charge in [0.1, 0.15) is 5.82 Å². The minimum absolute atomic E-state index is 0.0441. The molecule has 2 aromatic carbocycles. The van der Waals surface area contributed by atoms with Crippen LogP contribution in [0.2, 0.25) is 10.0 Å². The van der Waals surface area contributed by atoms with Crippen LogP contribution in [0.4, 0.5) is 4.39 Å². The van der Waals surface area contributed by atoms with E-state index in [1.54, 1.807) is 35.2 Å². The third-order valence-corrected chi connectivity index (χ3v) is 5.50. The Kier molecular flexibility index (Phi) is 7.04. The van der Waals surface area contributed by atoms with E-state index in [4.69, 9.17) is 28.0 Å². The highest BCUT2D eigenvalue weighted by Crippen LogP contribution is 2.27. The Balaban J connectivity index is 1.72. The Morgan fingerprint density at radius 1 is 1.20 bits per heavy atom. The van der Waals surface area contributed by atoms with Crippen LogP contribution in [0.25, 0.3) is 0 Å². The quantitative estimate of drug-likeness (QED) is 0.533. The average Bonchev–Trinajstić information content (AvgIpc) is 3.12. The molecule has 0 N–H and O–H groups in total. The maximum Gasteiger partial charge on any atom is 0.223 e. The van der Waals surface area contributed by atoms with Gasteiger partial charge in [-0.3, -0.25) is 4.79 Å². The summed E-state index contributed by atoms with van der Waals surface area (Å²) in [6, 6.07) is 11.8. The normalized spacial score (nSPS) is 16.2. The fourth-order valence-electron chi connectivity index (χ4n) is 3.27. The molecule has 7 heteroatoms. The van der Waals surface area contributed by atoms with E-state index in [1.807, 2.05) is 26.8 Å². The lowest BCUT2D eigenvalue weighted by Gasteiger charge is -2.28. The van der Waals surface area contributed by atoms with E-state index in [0.717, 1.165) is 11.3 Å². The molecule has 0 radical (unpaired) electrons. The average molecular weight is 451 g/mol. The van der Waals surface area contributed by atoms with Crippen molar-refractivity contribution in [3.05, 3.63) is 69.5 Å². The molecule has 0 spiro atoms. The zero-order chi connectivity index (χ0) is 21.9. The molecule has 0 bridgehead atoms. The summed E-state index contributed by atoms with van der Waals surface area (Å²) in [7, 11) is 0. The number of amides is 1. The monoisotopic (exact) mass is 450 g/mol. The van der Waals surface area contributed by atoms with Gasteiger partial charge >= 0.3 is 0 Å². The Morgan fingerprint density at radius 3 is 2.60 bits per heavy atom. The van der Waals surface area contributed by atoms with Gasteiger partial charge in [-0.2, -0.15) is 0 Å². The van der Waals surface area contributed by atoms with Crippen molar-refractivity contribution >= 4 is 34.8 Å². The Labute approximate surface area is 186 Å². The van der Waals surface area contributed by atoms with Crippen molar-refractivity contribution in [2.45, 2.75) is 46.3 Å². The molecule has 0 aromatic heterocycles. The van der Waals surface area contributed by atoms with Gasteiger partial charge in [0.05, 0.1) is 22.3 Å². The summed E-state index contributed by atoms with van der Waals surface area (Å²) in [4.78, 5) is 20.2. The maximum absolute atomic E-state index is 14.2. The molecule has 1 atom stereocenters. The Hall–Kier alpha value is -2.11. The zero-order valence-electron chi connectivity index (χ0n) is 17.3. The van der Waals surface area contributed by atoms with E-state index in [1.165, 1.54) is 6.07 Å². The molecule has 1 amide bonds. The van der Waals surface area contributed by atoms with Gasteiger partial charge in [-0.1, -0.05) is 73.4 Å². The molecular weight excluding hydrogens is 426 g/mol. The number of hydrogen-bond acceptors (Lipinski definition) is 3. The second-order valence-electron chi connectivity index (χ2n) is 8.70. The summed E-state index contributed by atoms with van der Waals surface area (Å²) in [5.41, 5.74) is 1.87. The predicted molar refractivity (Wildman–Crippen MR) is 118 cm³/mol. The highest BCUT2D eigenvalue weighted by atomic mass is 35.5. The summed E-state index contributed by atoms with van der Waals surface area (Å²) in [6.07, 6.45) is 0.564. The predicted octanol–water partition coefficient (Wildman–Crippen LogP) is 6.09. The molecule has 30 heavy (non-hydrogen) atoms. The lowest BCUT2D eigenvalue weighted by molar-refractivity contribution is -0.135. The van der Waals surface area contributed by atoms with E-state index in [-0.39, 0.29) is 29.8 Å². The van der Waals surface area contributed by atoms with E-state index in [9.17, 15) is 9.18 Å². The minimum atomic E-state index is -0.328. The summed E-state index contributed by atoms with van der Waals surface area (Å²) in [5.74, 6) is -0.372. The molecule has 160 valence electrons. The SMILES string of the molecule is CC(C)(C)CC(=O)N(Cc1ccccc1F)C[C@H]1CC(c2ccc(Cl)c(Cl)c2)=NO1. The molecule has 0 unspecified atom stereocenters. The molecule has 1 aliphatic heterocycles. The minimum Gasteiger partial charge on any atom is -0.390 e. The number of halogens is 3. The highest BCUT2D eigenvalue weighted by Gasteiger charge is 2.29. The van der Waals surface area contributed by atoms with Crippen molar-refractivity contribution in [2.75, 3.05) is 6.54 Å². The molecule has 3 rings (SSSR count). The van der Waals surface area contributed by atoms with Gasteiger partial charge in [0.25, 0.3) is 0 Å². The van der Waals surface area contributed by atoms with Crippen LogP contribution in [0.15, 0.2) is 47.6 Å². The number of carbonyl (C=O) groups is 1. The van der Waals surface area contributed by atoms with Crippen LogP contribution in [0, 0.1) is 11.2 Å². The first-order valence-corrected chi connectivity index (χ1v) is 10.6. The Morgan fingerprint density at radius 2 is 1.93 bits per heavy atom. The molecular formula is C23H25Cl2FN2O2. The van der Waals surface area contributed by atoms with Crippen LogP contribution in [0.1, 0.15) is 44.7 Å². The van der Waals surface area contributed by atoms with Crippen LogP contribution in [0.3, 0.4) is 0 Å². The number of carbonyl (C=O) groups excluding carboxylic acids is 1. The third kappa shape index (κ3) is 5.96. The highest BCUT2D eigenvalue weighted by molar-refractivity contribution is 6.42. The fourth-order valence-corrected chi connectivity index (χ4v) is 3.57. The number of hydrogen-bond donors (Lipinski definition) is 0. The third-order valence-electron chi connectivity index (χ3n) is 4.76. The van der Waals surface area contributed by atoms with E-state index >= 15 is 0 Å². The molecule has 0 saturated heterocycles. The second kappa shape index (κ2) is 9.36.